The summed E-state index contributed by atoms with van der Waals surface area (Å²) in [6, 6.07) is 12.5. The second-order valence-electron chi connectivity index (χ2n) is 7.18. The van der Waals surface area contributed by atoms with Crippen LogP contribution in [0.5, 0.6) is 0 Å². The van der Waals surface area contributed by atoms with Gasteiger partial charge in [0.25, 0.3) is 0 Å². The van der Waals surface area contributed by atoms with Crippen LogP contribution in [0.3, 0.4) is 0 Å². The first-order valence-corrected chi connectivity index (χ1v) is 8.82. The van der Waals surface area contributed by atoms with Crippen LogP contribution < -0.4 is 10.2 Å². The Hall–Kier alpha value is -1.80. The van der Waals surface area contributed by atoms with Crippen molar-refractivity contribution in [3.63, 3.8) is 0 Å². The van der Waals surface area contributed by atoms with E-state index < -0.39 is 0 Å². The Labute approximate surface area is 139 Å². The number of hydrogen-bond donors (Lipinski definition) is 1. The van der Waals surface area contributed by atoms with E-state index in [4.69, 9.17) is 0 Å². The second-order valence-corrected chi connectivity index (χ2v) is 7.18. The van der Waals surface area contributed by atoms with E-state index in [-0.39, 0.29) is 0 Å². The van der Waals surface area contributed by atoms with Crippen LogP contribution in [0.25, 0.3) is 11.1 Å². The smallest absolute Gasteiger partial charge is 0.0403 e. The molecule has 0 spiro atoms. The van der Waals surface area contributed by atoms with Crippen LogP contribution in [0, 0.1) is 20.8 Å². The number of rotatable bonds is 1. The normalized spacial score (nSPS) is 20.1. The Kier molecular flexibility index (Phi) is 3.65. The van der Waals surface area contributed by atoms with E-state index >= 15 is 0 Å². The number of aryl methyl sites for hydroxylation is 3. The molecule has 2 aromatic carbocycles. The molecule has 2 aliphatic heterocycles. The molecule has 2 aromatic rings. The third kappa shape index (κ3) is 2.55. The zero-order chi connectivity index (χ0) is 16.0. The molecule has 2 aliphatic rings. The lowest BCUT2D eigenvalue weighted by molar-refractivity contribution is 0.612. The molecule has 4 rings (SSSR count). The van der Waals surface area contributed by atoms with Gasteiger partial charge < -0.3 is 10.2 Å². The van der Waals surface area contributed by atoms with Crippen molar-refractivity contribution in [1.29, 1.82) is 0 Å². The van der Waals surface area contributed by atoms with Crippen LogP contribution in [0.1, 0.15) is 28.7 Å². The molecular formula is C21H26N2. The maximum Gasteiger partial charge on any atom is 0.0403 e. The fourth-order valence-electron chi connectivity index (χ4n) is 4.18. The summed E-state index contributed by atoms with van der Waals surface area (Å²) in [7, 11) is 0. The van der Waals surface area contributed by atoms with Crippen LogP contribution in [0.15, 0.2) is 30.3 Å². The molecule has 2 heteroatoms. The van der Waals surface area contributed by atoms with E-state index in [0.29, 0.717) is 6.04 Å². The molecular weight excluding hydrogens is 280 g/mol. The van der Waals surface area contributed by atoms with Crippen LogP contribution >= 0.6 is 0 Å². The number of nitrogens with zero attached hydrogens (tertiary/aromatic N) is 1. The third-order valence-corrected chi connectivity index (χ3v) is 5.62. The predicted molar refractivity (Wildman–Crippen MR) is 98.4 cm³/mol. The lowest BCUT2D eigenvalue weighted by atomic mass is 9.94. The fourth-order valence-corrected chi connectivity index (χ4v) is 4.18. The molecule has 1 atom stereocenters. The van der Waals surface area contributed by atoms with E-state index in [1.165, 1.54) is 51.9 Å². The molecule has 0 saturated carbocycles. The summed E-state index contributed by atoms with van der Waals surface area (Å²) >= 11 is 0. The minimum Gasteiger partial charge on any atom is -0.367 e. The van der Waals surface area contributed by atoms with Crippen LogP contribution in [-0.4, -0.2) is 25.7 Å². The maximum atomic E-state index is 3.52. The van der Waals surface area contributed by atoms with Gasteiger partial charge in [-0.25, -0.2) is 0 Å². The molecule has 0 aromatic heterocycles. The Bertz CT molecular complexity index is 748. The summed E-state index contributed by atoms with van der Waals surface area (Å²) in [6.45, 7) is 10.0. The standard InChI is InChI=1S/C21H26N2/c1-14-10-16(3)20(11-15(14)2)17-4-5-21-18(12-17)13-19-6-7-22-8-9-23(19)21/h4-5,10-12,19,22H,6-9,13H2,1-3H3. The maximum absolute atomic E-state index is 3.52. The number of hydrogen-bond acceptors (Lipinski definition) is 2. The molecule has 1 fully saturated rings. The predicted octanol–water partition coefficient (Wildman–Crippen LogP) is 4.00. The Morgan fingerprint density at radius 1 is 0.957 bits per heavy atom. The van der Waals surface area contributed by atoms with Crippen molar-refractivity contribution in [1.82, 2.24) is 5.32 Å². The fraction of sp³-hybridized carbons (Fsp3) is 0.429. The van der Waals surface area contributed by atoms with E-state index in [1.54, 1.807) is 0 Å². The third-order valence-electron chi connectivity index (χ3n) is 5.62. The summed E-state index contributed by atoms with van der Waals surface area (Å²) in [5, 5.41) is 3.52. The monoisotopic (exact) mass is 306 g/mol. The van der Waals surface area contributed by atoms with Gasteiger partial charge in [0.05, 0.1) is 0 Å². The average molecular weight is 306 g/mol. The van der Waals surface area contributed by atoms with Gasteiger partial charge in [-0.2, -0.15) is 0 Å². The number of fused-ring (bicyclic) bond motifs is 3. The molecule has 2 heterocycles. The van der Waals surface area contributed by atoms with Crippen molar-refractivity contribution in [2.24, 2.45) is 0 Å². The summed E-state index contributed by atoms with van der Waals surface area (Å²) in [5.74, 6) is 0. The van der Waals surface area contributed by atoms with E-state index in [1.807, 2.05) is 0 Å². The number of anilines is 1. The molecule has 120 valence electrons. The Morgan fingerprint density at radius 2 is 1.78 bits per heavy atom. The summed E-state index contributed by atoms with van der Waals surface area (Å²) < 4.78 is 0. The highest BCUT2D eigenvalue weighted by molar-refractivity contribution is 5.74. The van der Waals surface area contributed by atoms with Crippen molar-refractivity contribution >= 4 is 5.69 Å². The van der Waals surface area contributed by atoms with Gasteiger partial charge in [-0.15, -0.1) is 0 Å². The van der Waals surface area contributed by atoms with Gasteiger partial charge in [0.1, 0.15) is 0 Å². The molecule has 1 N–H and O–H groups in total. The van der Waals surface area contributed by atoms with Crippen molar-refractivity contribution in [3.05, 3.63) is 52.6 Å². The lowest BCUT2D eigenvalue weighted by Crippen LogP contribution is -2.32. The van der Waals surface area contributed by atoms with Crippen LogP contribution in [0.2, 0.25) is 0 Å². The Balaban J connectivity index is 1.73. The van der Waals surface area contributed by atoms with E-state index in [0.717, 1.165) is 19.6 Å². The van der Waals surface area contributed by atoms with E-state index in [9.17, 15) is 0 Å². The molecule has 0 bridgehead atoms. The molecule has 1 unspecified atom stereocenters. The van der Waals surface area contributed by atoms with Crippen LogP contribution in [-0.2, 0) is 6.42 Å². The quantitative estimate of drug-likeness (QED) is 0.856. The lowest BCUT2D eigenvalue weighted by Gasteiger charge is -2.24. The zero-order valence-corrected chi connectivity index (χ0v) is 14.4. The highest BCUT2D eigenvalue weighted by Gasteiger charge is 2.30. The van der Waals surface area contributed by atoms with Gasteiger partial charge >= 0.3 is 0 Å². The first-order chi connectivity index (χ1) is 11.1. The van der Waals surface area contributed by atoms with Gasteiger partial charge in [-0.05, 0) is 85.7 Å². The first kappa shape index (κ1) is 14.8. The molecule has 0 radical (unpaired) electrons. The molecule has 23 heavy (non-hydrogen) atoms. The minimum absolute atomic E-state index is 0.691. The molecule has 0 amide bonds. The number of nitrogens with one attached hydrogen (secondary N) is 1. The Morgan fingerprint density at radius 3 is 2.65 bits per heavy atom. The molecule has 0 aliphatic carbocycles. The SMILES string of the molecule is Cc1cc(C)c(-c2ccc3c(c2)CC2CCNCCN32)cc1C. The van der Waals surface area contributed by atoms with Gasteiger partial charge in [0.15, 0.2) is 0 Å². The van der Waals surface area contributed by atoms with E-state index in [2.05, 4.69) is 61.3 Å². The zero-order valence-electron chi connectivity index (χ0n) is 14.4. The summed E-state index contributed by atoms with van der Waals surface area (Å²) in [5.41, 5.74) is 9.90. The van der Waals surface area contributed by atoms with Crippen molar-refractivity contribution < 1.29 is 0 Å². The van der Waals surface area contributed by atoms with Crippen LogP contribution in [0.4, 0.5) is 5.69 Å². The van der Waals surface area contributed by atoms with Crippen molar-refractivity contribution in [3.8, 4) is 11.1 Å². The van der Waals surface area contributed by atoms with Gasteiger partial charge in [-0.1, -0.05) is 18.2 Å². The summed E-state index contributed by atoms with van der Waals surface area (Å²) in [4.78, 5) is 2.62. The highest BCUT2D eigenvalue weighted by Crippen LogP contribution is 2.37. The summed E-state index contributed by atoms with van der Waals surface area (Å²) in [6.07, 6.45) is 2.46. The van der Waals surface area contributed by atoms with Gasteiger partial charge in [0.2, 0.25) is 0 Å². The molecule has 2 nitrogen and oxygen atoms in total. The van der Waals surface area contributed by atoms with Gasteiger partial charge in [-0.3, -0.25) is 0 Å². The van der Waals surface area contributed by atoms with Gasteiger partial charge in [0, 0.05) is 24.8 Å². The number of benzene rings is 2. The first-order valence-electron chi connectivity index (χ1n) is 8.82. The minimum atomic E-state index is 0.691. The second kappa shape index (κ2) is 5.68. The van der Waals surface area contributed by atoms with Crippen molar-refractivity contribution in [2.45, 2.75) is 39.7 Å². The molecule has 1 saturated heterocycles. The van der Waals surface area contributed by atoms with Crippen molar-refractivity contribution in [2.75, 3.05) is 24.5 Å². The largest absolute Gasteiger partial charge is 0.367 e. The topological polar surface area (TPSA) is 15.3 Å². The highest BCUT2D eigenvalue weighted by atomic mass is 15.2. The average Bonchev–Trinajstić information content (AvgIpc) is 2.71.